The molecule has 208 valence electrons. The second-order valence-electron chi connectivity index (χ2n) is 10.8. The minimum atomic E-state index is -0.890. The Bertz CT molecular complexity index is 1550. The highest BCUT2D eigenvalue weighted by molar-refractivity contribution is 5.81. The fraction of sp³-hybridized carbons (Fsp3) is 0.281. The maximum absolute atomic E-state index is 7.09. The largest absolute Gasteiger partial charge is 0.382 e. The van der Waals surface area contributed by atoms with E-state index in [1.807, 2.05) is 73.0 Å². The molecule has 7 rings (SSSR count). The first-order valence-electron chi connectivity index (χ1n) is 13.7. The second-order valence-corrected chi connectivity index (χ2v) is 10.8. The standard InChI is InChI=1S/C32H31N5O4/c1-31(2)40-26-24(39-30(27(26)41-31)37-20-36-25-28(33)34-19-35-29(25)37)18-38-32(21-12-6-3-7-13-21,22-14-8-4-9-15-22)23-16-10-5-11-17-23/h3-17,19-20,24,26-27,30H,18H2,1-2H3,(H2,33,34,35)/t24-,26-,27+,30+/m0/s1. The summed E-state index contributed by atoms with van der Waals surface area (Å²) in [4.78, 5) is 12.9. The molecule has 0 saturated carbocycles. The summed E-state index contributed by atoms with van der Waals surface area (Å²) in [5, 5.41) is 0. The summed E-state index contributed by atoms with van der Waals surface area (Å²) in [7, 11) is 0. The van der Waals surface area contributed by atoms with Gasteiger partial charge in [0.2, 0.25) is 0 Å². The fourth-order valence-corrected chi connectivity index (χ4v) is 6.05. The average Bonchev–Trinajstić information content (AvgIpc) is 3.67. The van der Waals surface area contributed by atoms with E-state index in [-0.39, 0.29) is 12.7 Å². The number of benzene rings is 3. The van der Waals surface area contributed by atoms with E-state index >= 15 is 0 Å². The molecule has 41 heavy (non-hydrogen) atoms. The lowest BCUT2D eigenvalue weighted by atomic mass is 9.80. The summed E-state index contributed by atoms with van der Waals surface area (Å²) >= 11 is 0. The molecule has 2 fully saturated rings. The molecule has 0 spiro atoms. The lowest BCUT2D eigenvalue weighted by Crippen LogP contribution is -2.39. The van der Waals surface area contributed by atoms with Gasteiger partial charge >= 0.3 is 0 Å². The Morgan fingerprint density at radius 2 is 1.37 bits per heavy atom. The highest BCUT2D eigenvalue weighted by atomic mass is 16.8. The van der Waals surface area contributed by atoms with Gasteiger partial charge in [0.1, 0.15) is 35.8 Å². The predicted molar refractivity (Wildman–Crippen MR) is 153 cm³/mol. The SMILES string of the molecule is CC1(C)O[C@@H]2[C@@H](O1)[C@H](n1cnc3c(N)ncnc31)O[C@H]2COC(c1ccccc1)(c1ccccc1)c1ccccc1. The van der Waals surface area contributed by atoms with Crippen LogP contribution in [0, 0.1) is 0 Å². The number of anilines is 1. The summed E-state index contributed by atoms with van der Waals surface area (Å²) in [6.07, 6.45) is 1.30. The Kier molecular flexibility index (Phi) is 6.32. The summed E-state index contributed by atoms with van der Waals surface area (Å²) in [5.41, 5.74) is 9.30. The van der Waals surface area contributed by atoms with Gasteiger partial charge in [-0.2, -0.15) is 0 Å². The van der Waals surface area contributed by atoms with Crippen LogP contribution >= 0.6 is 0 Å². The predicted octanol–water partition coefficient (Wildman–Crippen LogP) is 4.83. The van der Waals surface area contributed by atoms with Crippen LogP contribution in [0.5, 0.6) is 0 Å². The zero-order valence-corrected chi connectivity index (χ0v) is 22.8. The molecule has 2 aliphatic rings. The van der Waals surface area contributed by atoms with Crippen LogP contribution in [0.3, 0.4) is 0 Å². The Morgan fingerprint density at radius 3 is 1.95 bits per heavy atom. The van der Waals surface area contributed by atoms with Crippen LogP contribution in [0.25, 0.3) is 11.2 Å². The summed E-state index contributed by atoms with van der Waals surface area (Å²) in [5.74, 6) is -0.486. The lowest BCUT2D eigenvalue weighted by molar-refractivity contribution is -0.204. The molecule has 2 N–H and O–H groups in total. The number of imidazole rings is 1. The normalized spacial score (nSPS) is 23.6. The van der Waals surface area contributed by atoms with Gasteiger partial charge in [0.15, 0.2) is 23.5 Å². The number of hydrogen-bond acceptors (Lipinski definition) is 8. The van der Waals surface area contributed by atoms with Crippen molar-refractivity contribution in [1.82, 2.24) is 19.5 Å². The summed E-state index contributed by atoms with van der Waals surface area (Å²) in [6.45, 7) is 4.06. The van der Waals surface area contributed by atoms with E-state index in [4.69, 9.17) is 24.7 Å². The average molecular weight is 550 g/mol. The van der Waals surface area contributed by atoms with Gasteiger partial charge < -0.3 is 24.7 Å². The highest BCUT2D eigenvalue weighted by Crippen LogP contribution is 2.46. The number of nitrogen functional groups attached to an aromatic ring is 1. The maximum Gasteiger partial charge on any atom is 0.167 e. The van der Waals surface area contributed by atoms with E-state index < -0.39 is 29.8 Å². The number of nitrogens with zero attached hydrogens (tertiary/aromatic N) is 4. The van der Waals surface area contributed by atoms with E-state index in [2.05, 4.69) is 51.4 Å². The zero-order valence-electron chi connectivity index (χ0n) is 22.8. The zero-order chi connectivity index (χ0) is 28.0. The molecule has 2 aliphatic heterocycles. The number of fused-ring (bicyclic) bond motifs is 2. The van der Waals surface area contributed by atoms with Crippen LogP contribution in [-0.4, -0.2) is 50.2 Å². The number of ether oxygens (including phenoxy) is 4. The number of aromatic nitrogens is 4. The third-order valence-electron chi connectivity index (χ3n) is 7.79. The molecule has 4 atom stereocenters. The van der Waals surface area contributed by atoms with Crippen LogP contribution in [-0.2, 0) is 24.5 Å². The van der Waals surface area contributed by atoms with E-state index in [1.165, 1.54) is 6.33 Å². The number of rotatable bonds is 7. The van der Waals surface area contributed by atoms with Gasteiger partial charge in [-0.15, -0.1) is 0 Å². The van der Waals surface area contributed by atoms with Gasteiger partial charge in [0.25, 0.3) is 0 Å². The maximum atomic E-state index is 7.09. The van der Waals surface area contributed by atoms with Gasteiger partial charge in [-0.05, 0) is 30.5 Å². The summed E-state index contributed by atoms with van der Waals surface area (Å²) < 4.78 is 28.4. The first kappa shape index (κ1) is 25.8. The van der Waals surface area contributed by atoms with Crippen molar-refractivity contribution in [1.29, 1.82) is 0 Å². The third-order valence-corrected chi connectivity index (χ3v) is 7.79. The van der Waals surface area contributed by atoms with Crippen LogP contribution in [0.1, 0.15) is 36.8 Å². The molecule has 0 bridgehead atoms. The first-order valence-corrected chi connectivity index (χ1v) is 13.7. The second kappa shape index (κ2) is 10.0. The molecular weight excluding hydrogens is 518 g/mol. The van der Waals surface area contributed by atoms with Crippen molar-refractivity contribution in [2.45, 2.75) is 49.8 Å². The molecule has 9 nitrogen and oxygen atoms in total. The van der Waals surface area contributed by atoms with E-state index in [0.717, 1.165) is 16.7 Å². The van der Waals surface area contributed by atoms with E-state index in [1.54, 1.807) is 6.33 Å². The van der Waals surface area contributed by atoms with Gasteiger partial charge in [-0.1, -0.05) is 91.0 Å². The molecular formula is C32H31N5O4. The molecule has 2 aromatic heterocycles. The molecule has 4 heterocycles. The van der Waals surface area contributed by atoms with Crippen LogP contribution < -0.4 is 5.73 Å². The smallest absolute Gasteiger partial charge is 0.167 e. The third kappa shape index (κ3) is 4.38. The molecule has 0 amide bonds. The Balaban J connectivity index is 1.28. The Morgan fingerprint density at radius 1 is 0.805 bits per heavy atom. The quantitative estimate of drug-likeness (QED) is 0.288. The van der Waals surface area contributed by atoms with Crippen molar-refractivity contribution in [2.75, 3.05) is 12.3 Å². The highest BCUT2D eigenvalue weighted by Gasteiger charge is 2.57. The minimum absolute atomic E-state index is 0.236. The van der Waals surface area contributed by atoms with Crippen molar-refractivity contribution >= 4 is 17.0 Å². The molecule has 0 radical (unpaired) electrons. The van der Waals surface area contributed by atoms with Gasteiger partial charge in [-0.3, -0.25) is 4.57 Å². The first-order chi connectivity index (χ1) is 20.0. The monoisotopic (exact) mass is 549 g/mol. The lowest BCUT2D eigenvalue weighted by Gasteiger charge is -2.37. The number of nitrogens with two attached hydrogens (primary N) is 1. The van der Waals surface area contributed by atoms with Gasteiger partial charge in [0.05, 0.1) is 12.9 Å². The van der Waals surface area contributed by atoms with E-state index in [9.17, 15) is 0 Å². The molecule has 0 unspecified atom stereocenters. The molecule has 5 aromatic rings. The Hall–Kier alpha value is -4.15. The summed E-state index contributed by atoms with van der Waals surface area (Å²) in [6, 6.07) is 30.8. The Labute approximate surface area is 237 Å². The van der Waals surface area contributed by atoms with Crippen molar-refractivity contribution in [3.8, 4) is 0 Å². The van der Waals surface area contributed by atoms with Crippen LogP contribution in [0.15, 0.2) is 104 Å². The molecule has 2 saturated heterocycles. The molecule has 3 aromatic carbocycles. The van der Waals surface area contributed by atoms with Crippen LogP contribution in [0.4, 0.5) is 5.82 Å². The van der Waals surface area contributed by atoms with Gasteiger partial charge in [-0.25, -0.2) is 15.0 Å². The topological polar surface area (TPSA) is 107 Å². The number of hydrogen-bond donors (Lipinski definition) is 1. The molecule has 0 aliphatic carbocycles. The van der Waals surface area contributed by atoms with Crippen molar-refractivity contribution in [3.63, 3.8) is 0 Å². The van der Waals surface area contributed by atoms with E-state index in [0.29, 0.717) is 17.0 Å². The van der Waals surface area contributed by atoms with Gasteiger partial charge in [0, 0.05) is 0 Å². The van der Waals surface area contributed by atoms with Crippen molar-refractivity contribution in [3.05, 3.63) is 120 Å². The van der Waals surface area contributed by atoms with Crippen molar-refractivity contribution < 1.29 is 18.9 Å². The molecule has 9 heteroatoms. The van der Waals surface area contributed by atoms with Crippen molar-refractivity contribution in [2.24, 2.45) is 0 Å². The fourth-order valence-electron chi connectivity index (χ4n) is 6.05. The van der Waals surface area contributed by atoms with Crippen LogP contribution in [0.2, 0.25) is 0 Å². The minimum Gasteiger partial charge on any atom is -0.382 e.